The lowest BCUT2D eigenvalue weighted by molar-refractivity contribution is -0.128. The molecule has 0 radical (unpaired) electrons. The molecule has 120 valence electrons. The van der Waals surface area contributed by atoms with Crippen molar-refractivity contribution in [2.45, 2.75) is 26.0 Å². The molecule has 2 aromatic rings. The Morgan fingerprint density at radius 1 is 1.09 bits per heavy atom. The number of rotatable bonds is 5. The minimum Gasteiger partial charge on any atom is -0.386 e. The molecule has 0 aliphatic carbocycles. The maximum Gasteiger partial charge on any atom is 0.246 e. The number of benzene rings is 2. The molecule has 2 aromatic carbocycles. The van der Waals surface area contributed by atoms with Gasteiger partial charge in [0, 0.05) is 13.1 Å². The molecule has 0 spiro atoms. The third-order valence-corrected chi connectivity index (χ3v) is 4.05. The Morgan fingerprint density at radius 2 is 1.70 bits per heavy atom. The largest absolute Gasteiger partial charge is 0.386 e. The van der Waals surface area contributed by atoms with Crippen molar-refractivity contribution >= 4 is 12.0 Å². The van der Waals surface area contributed by atoms with E-state index in [9.17, 15) is 9.90 Å². The maximum absolute atomic E-state index is 12.3. The monoisotopic (exact) mass is 309 g/mol. The van der Waals surface area contributed by atoms with E-state index in [1.807, 2.05) is 68.4 Å². The molecule has 0 aromatic heterocycles. The Balaban J connectivity index is 2.02. The van der Waals surface area contributed by atoms with Crippen LogP contribution in [-0.2, 0) is 4.79 Å². The van der Waals surface area contributed by atoms with Crippen molar-refractivity contribution in [3.8, 4) is 0 Å². The summed E-state index contributed by atoms with van der Waals surface area (Å²) in [6.07, 6.45) is 2.62. The van der Waals surface area contributed by atoms with Gasteiger partial charge in [-0.05, 0) is 31.1 Å². The summed E-state index contributed by atoms with van der Waals surface area (Å²) in [5, 5.41) is 10.4. The van der Waals surface area contributed by atoms with Crippen LogP contribution in [0.4, 0.5) is 0 Å². The zero-order valence-corrected chi connectivity index (χ0v) is 13.8. The van der Waals surface area contributed by atoms with E-state index < -0.39 is 6.10 Å². The van der Waals surface area contributed by atoms with Crippen LogP contribution in [-0.4, -0.2) is 29.0 Å². The normalized spacial score (nSPS) is 13.7. The number of aliphatic hydroxyl groups excluding tert-OH is 1. The SMILES string of the molecule is Cc1ccc(/C=C/C(=O)N(C)C(C)C(O)c2ccccc2)cc1. The van der Waals surface area contributed by atoms with E-state index in [0.717, 1.165) is 11.1 Å². The predicted molar refractivity (Wildman–Crippen MR) is 93.8 cm³/mol. The van der Waals surface area contributed by atoms with Gasteiger partial charge < -0.3 is 10.0 Å². The minimum absolute atomic E-state index is 0.131. The summed E-state index contributed by atoms with van der Waals surface area (Å²) in [5.74, 6) is -0.131. The molecule has 0 heterocycles. The first kappa shape index (κ1) is 17.0. The molecule has 3 nitrogen and oxygen atoms in total. The Labute approximate surface area is 137 Å². The van der Waals surface area contributed by atoms with E-state index in [0.29, 0.717) is 0 Å². The van der Waals surface area contributed by atoms with Gasteiger partial charge in [0.25, 0.3) is 0 Å². The fourth-order valence-electron chi connectivity index (χ4n) is 2.30. The van der Waals surface area contributed by atoms with Gasteiger partial charge in [-0.2, -0.15) is 0 Å². The van der Waals surface area contributed by atoms with Crippen LogP contribution in [0.15, 0.2) is 60.7 Å². The van der Waals surface area contributed by atoms with E-state index in [-0.39, 0.29) is 11.9 Å². The van der Waals surface area contributed by atoms with Crippen molar-refractivity contribution in [2.75, 3.05) is 7.05 Å². The second-order valence-electron chi connectivity index (χ2n) is 5.79. The lowest BCUT2D eigenvalue weighted by Crippen LogP contribution is -2.38. The van der Waals surface area contributed by atoms with E-state index in [1.54, 1.807) is 24.1 Å². The van der Waals surface area contributed by atoms with Crippen LogP contribution < -0.4 is 0 Å². The van der Waals surface area contributed by atoms with Crippen molar-refractivity contribution in [1.29, 1.82) is 0 Å². The fourth-order valence-corrected chi connectivity index (χ4v) is 2.30. The Morgan fingerprint density at radius 3 is 2.30 bits per heavy atom. The molecule has 1 N–H and O–H groups in total. The molecule has 0 bridgehead atoms. The number of aryl methyl sites for hydroxylation is 1. The third-order valence-electron chi connectivity index (χ3n) is 4.05. The second kappa shape index (κ2) is 7.75. The lowest BCUT2D eigenvalue weighted by Gasteiger charge is -2.28. The number of aliphatic hydroxyl groups is 1. The highest BCUT2D eigenvalue weighted by atomic mass is 16.3. The summed E-state index contributed by atoms with van der Waals surface area (Å²) in [4.78, 5) is 13.8. The molecule has 2 rings (SSSR count). The predicted octanol–water partition coefficient (Wildman–Crippen LogP) is 3.59. The highest BCUT2D eigenvalue weighted by molar-refractivity contribution is 5.91. The first-order valence-electron chi connectivity index (χ1n) is 7.73. The second-order valence-corrected chi connectivity index (χ2v) is 5.79. The first-order chi connectivity index (χ1) is 11.0. The van der Waals surface area contributed by atoms with Crippen molar-refractivity contribution in [3.05, 3.63) is 77.4 Å². The van der Waals surface area contributed by atoms with Crippen molar-refractivity contribution < 1.29 is 9.90 Å². The number of hydrogen-bond donors (Lipinski definition) is 1. The number of nitrogens with zero attached hydrogens (tertiary/aromatic N) is 1. The van der Waals surface area contributed by atoms with Gasteiger partial charge in [-0.1, -0.05) is 60.2 Å². The average Bonchev–Trinajstić information content (AvgIpc) is 2.59. The summed E-state index contributed by atoms with van der Waals surface area (Å²) in [6, 6.07) is 17.0. The Bertz CT molecular complexity index is 662. The van der Waals surface area contributed by atoms with Crippen LogP contribution in [0.2, 0.25) is 0 Å². The van der Waals surface area contributed by atoms with E-state index in [2.05, 4.69) is 0 Å². The zero-order valence-electron chi connectivity index (χ0n) is 13.8. The molecule has 23 heavy (non-hydrogen) atoms. The van der Waals surface area contributed by atoms with Crippen LogP contribution >= 0.6 is 0 Å². The highest BCUT2D eigenvalue weighted by Gasteiger charge is 2.22. The summed E-state index contributed by atoms with van der Waals surface area (Å²) in [6.45, 7) is 3.87. The highest BCUT2D eigenvalue weighted by Crippen LogP contribution is 2.20. The molecule has 0 saturated carbocycles. The van der Waals surface area contributed by atoms with Gasteiger partial charge in [0.15, 0.2) is 0 Å². The standard InChI is InChI=1S/C20H23NO2/c1-15-9-11-17(12-10-15)13-14-19(22)21(3)16(2)20(23)18-7-5-4-6-8-18/h4-14,16,20,23H,1-3H3/b14-13+. The summed E-state index contributed by atoms with van der Waals surface area (Å²) in [5.41, 5.74) is 2.97. The number of amides is 1. The minimum atomic E-state index is -0.710. The van der Waals surface area contributed by atoms with Crippen LogP contribution in [0.25, 0.3) is 6.08 Å². The smallest absolute Gasteiger partial charge is 0.246 e. The summed E-state index contributed by atoms with van der Waals surface area (Å²) >= 11 is 0. The van der Waals surface area contributed by atoms with Crippen molar-refractivity contribution in [1.82, 2.24) is 4.90 Å². The molecule has 3 heteroatoms. The van der Waals surface area contributed by atoms with E-state index in [4.69, 9.17) is 0 Å². The van der Waals surface area contributed by atoms with Crippen molar-refractivity contribution in [3.63, 3.8) is 0 Å². The van der Waals surface area contributed by atoms with Crippen LogP contribution in [0, 0.1) is 6.92 Å². The van der Waals surface area contributed by atoms with Gasteiger partial charge in [-0.15, -0.1) is 0 Å². The molecule has 0 fully saturated rings. The molecule has 0 saturated heterocycles. The molecule has 1 amide bonds. The third kappa shape index (κ3) is 4.54. The van der Waals surface area contributed by atoms with Gasteiger partial charge in [0.1, 0.15) is 0 Å². The van der Waals surface area contributed by atoms with Gasteiger partial charge in [-0.25, -0.2) is 0 Å². The first-order valence-corrected chi connectivity index (χ1v) is 7.73. The number of likely N-dealkylation sites (N-methyl/N-ethyl adjacent to an activating group) is 1. The molecule has 0 aliphatic heterocycles. The van der Waals surface area contributed by atoms with Gasteiger partial charge in [0.2, 0.25) is 5.91 Å². The van der Waals surface area contributed by atoms with E-state index in [1.165, 1.54) is 5.56 Å². The molecular formula is C20H23NO2. The Hall–Kier alpha value is -2.39. The number of carbonyl (C=O) groups excluding carboxylic acids is 1. The number of hydrogen-bond acceptors (Lipinski definition) is 2. The maximum atomic E-state index is 12.3. The molecule has 2 atom stereocenters. The van der Waals surface area contributed by atoms with Crippen LogP contribution in [0.3, 0.4) is 0 Å². The summed E-state index contributed by atoms with van der Waals surface area (Å²) in [7, 11) is 1.71. The van der Waals surface area contributed by atoms with Crippen LogP contribution in [0.5, 0.6) is 0 Å². The molecule has 2 unspecified atom stereocenters. The molecule has 0 aliphatic rings. The Kier molecular flexibility index (Phi) is 5.72. The topological polar surface area (TPSA) is 40.5 Å². The van der Waals surface area contributed by atoms with Gasteiger partial charge in [-0.3, -0.25) is 4.79 Å². The van der Waals surface area contributed by atoms with Crippen molar-refractivity contribution in [2.24, 2.45) is 0 Å². The van der Waals surface area contributed by atoms with Gasteiger partial charge >= 0.3 is 0 Å². The fraction of sp³-hybridized carbons (Fsp3) is 0.250. The van der Waals surface area contributed by atoms with Crippen LogP contribution in [0.1, 0.15) is 29.7 Å². The average molecular weight is 309 g/mol. The molecular weight excluding hydrogens is 286 g/mol. The van der Waals surface area contributed by atoms with Gasteiger partial charge in [0.05, 0.1) is 12.1 Å². The lowest BCUT2D eigenvalue weighted by atomic mass is 10.0. The van der Waals surface area contributed by atoms with E-state index >= 15 is 0 Å². The zero-order chi connectivity index (χ0) is 16.8. The quantitative estimate of drug-likeness (QED) is 0.858. The summed E-state index contributed by atoms with van der Waals surface area (Å²) < 4.78 is 0. The number of carbonyl (C=O) groups is 1.